The summed E-state index contributed by atoms with van der Waals surface area (Å²) >= 11 is 6.45. The molecule has 3 aliphatic rings. The van der Waals surface area contributed by atoms with Crippen molar-refractivity contribution >= 4 is 29.4 Å². The summed E-state index contributed by atoms with van der Waals surface area (Å²) in [5.74, 6) is 0.0112. The predicted octanol–water partition coefficient (Wildman–Crippen LogP) is 3.11. The van der Waals surface area contributed by atoms with Gasteiger partial charge in [-0.2, -0.15) is 0 Å². The third kappa shape index (κ3) is 4.72. The highest BCUT2D eigenvalue weighted by Crippen LogP contribution is 2.39. The fraction of sp³-hybridized carbons (Fsp3) is 0.520. The third-order valence-corrected chi connectivity index (χ3v) is 7.45. The largest absolute Gasteiger partial charge is 0.381 e. The van der Waals surface area contributed by atoms with Crippen molar-refractivity contribution in [2.45, 2.75) is 69.8 Å². The molecule has 2 aromatic rings. The van der Waals surface area contributed by atoms with Crippen LogP contribution in [0.4, 0.5) is 5.95 Å². The van der Waals surface area contributed by atoms with Gasteiger partial charge in [0.1, 0.15) is 0 Å². The Balaban J connectivity index is 1.41. The Morgan fingerprint density at radius 1 is 1.26 bits per heavy atom. The minimum atomic E-state index is -1.42. The fourth-order valence-electron chi connectivity index (χ4n) is 5.32. The number of aromatic nitrogens is 2. The van der Waals surface area contributed by atoms with Gasteiger partial charge in [-0.3, -0.25) is 9.59 Å². The second-order valence-corrected chi connectivity index (χ2v) is 9.97. The van der Waals surface area contributed by atoms with Crippen LogP contribution in [0.15, 0.2) is 24.4 Å². The van der Waals surface area contributed by atoms with Crippen molar-refractivity contribution in [2.75, 3.05) is 18.5 Å². The number of ether oxygens (including phenoxy) is 1. The van der Waals surface area contributed by atoms with Crippen LogP contribution >= 0.6 is 11.6 Å². The molecule has 35 heavy (non-hydrogen) atoms. The van der Waals surface area contributed by atoms with Crippen LogP contribution in [0, 0.1) is 0 Å². The number of rotatable bonds is 5. The molecule has 1 saturated carbocycles. The second-order valence-electron chi connectivity index (χ2n) is 9.56. The summed E-state index contributed by atoms with van der Waals surface area (Å²) in [5, 5.41) is 18.2. The maximum atomic E-state index is 13.5. The number of nitrogens with one attached hydrogen (secondary N) is 2. The molecule has 9 nitrogen and oxygen atoms in total. The first-order valence-electron chi connectivity index (χ1n) is 12.2. The van der Waals surface area contributed by atoms with E-state index in [0.29, 0.717) is 53.8 Å². The number of aliphatic hydroxyl groups is 1. The first-order valence-corrected chi connectivity index (χ1v) is 12.5. The number of carbonyl (C=O) groups is 2. The first-order chi connectivity index (χ1) is 16.8. The van der Waals surface area contributed by atoms with Gasteiger partial charge in [0.25, 0.3) is 5.91 Å². The van der Waals surface area contributed by atoms with E-state index in [1.807, 2.05) is 12.1 Å². The van der Waals surface area contributed by atoms with E-state index in [0.717, 1.165) is 31.2 Å². The third-order valence-electron chi connectivity index (χ3n) is 7.18. The summed E-state index contributed by atoms with van der Waals surface area (Å²) in [6.07, 6.45) is 6.06. The molecule has 2 atom stereocenters. The van der Waals surface area contributed by atoms with Crippen LogP contribution in [0.25, 0.3) is 11.3 Å². The number of benzene rings is 1. The fourth-order valence-corrected chi connectivity index (χ4v) is 5.52. The van der Waals surface area contributed by atoms with Crippen LogP contribution in [-0.4, -0.2) is 62.8 Å². The van der Waals surface area contributed by atoms with Crippen LogP contribution < -0.4 is 10.6 Å². The van der Waals surface area contributed by atoms with Gasteiger partial charge < -0.3 is 25.4 Å². The maximum Gasteiger partial charge on any atom is 0.256 e. The van der Waals surface area contributed by atoms with Crippen molar-refractivity contribution < 1.29 is 19.4 Å². The SMILES string of the molecule is CC(=O)NC1CCCCC1(O)N1Cc2ccc(-c3nc(NC4CCOCC4)ncc3Cl)cc2C1=O. The number of hydrogen-bond acceptors (Lipinski definition) is 7. The number of amides is 2. The van der Waals surface area contributed by atoms with Crippen molar-refractivity contribution in [3.63, 3.8) is 0 Å². The molecule has 2 aliphatic heterocycles. The van der Waals surface area contributed by atoms with E-state index in [1.165, 1.54) is 11.8 Å². The van der Waals surface area contributed by atoms with Crippen molar-refractivity contribution in [1.82, 2.24) is 20.2 Å². The van der Waals surface area contributed by atoms with Crippen LogP contribution in [-0.2, 0) is 16.1 Å². The Labute approximate surface area is 209 Å². The van der Waals surface area contributed by atoms with Gasteiger partial charge in [-0.25, -0.2) is 9.97 Å². The molecule has 1 aromatic heterocycles. The quantitative estimate of drug-likeness (QED) is 0.578. The monoisotopic (exact) mass is 499 g/mol. The molecule has 3 heterocycles. The minimum Gasteiger partial charge on any atom is -0.381 e. The van der Waals surface area contributed by atoms with E-state index in [-0.39, 0.29) is 24.4 Å². The molecule has 1 aliphatic carbocycles. The number of nitrogens with zero attached hydrogens (tertiary/aromatic N) is 3. The first kappa shape index (κ1) is 24.0. The summed E-state index contributed by atoms with van der Waals surface area (Å²) in [5.41, 5.74) is 1.16. The van der Waals surface area contributed by atoms with E-state index in [2.05, 4.69) is 20.6 Å². The standard InChI is InChI=1S/C25H30ClN5O4/c1-15(32)28-21-4-2-3-9-25(21,34)31-14-17-6-5-16(12-19(17)23(31)33)22-20(26)13-27-24(30-22)29-18-7-10-35-11-8-18/h5-6,12-13,18,21,34H,2-4,7-11,14H2,1H3,(H,28,32)(H,27,29,30). The lowest BCUT2D eigenvalue weighted by Gasteiger charge is -2.45. The molecule has 3 N–H and O–H groups in total. The minimum absolute atomic E-state index is 0.217. The zero-order chi connectivity index (χ0) is 24.6. The highest BCUT2D eigenvalue weighted by molar-refractivity contribution is 6.33. The number of anilines is 1. The van der Waals surface area contributed by atoms with E-state index in [1.54, 1.807) is 12.3 Å². The second kappa shape index (κ2) is 9.72. The number of fused-ring (bicyclic) bond motifs is 1. The lowest BCUT2D eigenvalue weighted by molar-refractivity contribution is -0.143. The van der Waals surface area contributed by atoms with Gasteiger partial charge in [-0.05, 0) is 43.7 Å². The summed E-state index contributed by atoms with van der Waals surface area (Å²) in [6, 6.07) is 5.29. The molecule has 1 saturated heterocycles. The van der Waals surface area contributed by atoms with Crippen LogP contribution in [0.5, 0.6) is 0 Å². The Kier molecular flexibility index (Phi) is 6.65. The van der Waals surface area contributed by atoms with Gasteiger partial charge in [0.05, 0.1) is 23.0 Å². The van der Waals surface area contributed by atoms with Gasteiger partial charge in [-0.1, -0.05) is 30.2 Å². The molecule has 0 bridgehead atoms. The van der Waals surface area contributed by atoms with Crippen molar-refractivity contribution in [1.29, 1.82) is 0 Å². The average molecular weight is 500 g/mol. The van der Waals surface area contributed by atoms with E-state index >= 15 is 0 Å². The molecule has 0 spiro atoms. The maximum absolute atomic E-state index is 13.5. The molecule has 10 heteroatoms. The molecule has 0 radical (unpaired) electrons. The molecule has 2 fully saturated rings. The van der Waals surface area contributed by atoms with Gasteiger partial charge in [0.15, 0.2) is 5.72 Å². The van der Waals surface area contributed by atoms with Gasteiger partial charge in [0.2, 0.25) is 11.9 Å². The molecule has 5 rings (SSSR count). The van der Waals surface area contributed by atoms with Gasteiger partial charge in [0, 0.05) is 43.9 Å². The van der Waals surface area contributed by atoms with E-state index < -0.39 is 11.8 Å². The van der Waals surface area contributed by atoms with Crippen LogP contribution in [0.2, 0.25) is 5.02 Å². The Bertz CT molecular complexity index is 1140. The van der Waals surface area contributed by atoms with E-state index in [9.17, 15) is 14.7 Å². The van der Waals surface area contributed by atoms with Crippen molar-refractivity contribution in [3.8, 4) is 11.3 Å². The highest BCUT2D eigenvalue weighted by Gasteiger charge is 2.49. The van der Waals surface area contributed by atoms with Gasteiger partial charge >= 0.3 is 0 Å². The summed E-state index contributed by atoms with van der Waals surface area (Å²) in [4.78, 5) is 35.7. The van der Waals surface area contributed by atoms with Crippen LogP contribution in [0.1, 0.15) is 61.4 Å². The lowest BCUT2D eigenvalue weighted by atomic mass is 9.85. The van der Waals surface area contributed by atoms with Crippen molar-refractivity contribution in [2.24, 2.45) is 0 Å². The zero-order valence-corrected chi connectivity index (χ0v) is 20.5. The molecule has 2 unspecified atom stereocenters. The van der Waals surface area contributed by atoms with Crippen molar-refractivity contribution in [3.05, 3.63) is 40.5 Å². The Hall–Kier alpha value is -2.75. The Morgan fingerprint density at radius 3 is 2.83 bits per heavy atom. The molecular weight excluding hydrogens is 470 g/mol. The Morgan fingerprint density at radius 2 is 2.06 bits per heavy atom. The molecular formula is C25H30ClN5O4. The number of halogens is 1. The summed E-state index contributed by atoms with van der Waals surface area (Å²) in [6.45, 7) is 3.13. The normalized spacial score (nSPS) is 24.8. The lowest BCUT2D eigenvalue weighted by Crippen LogP contribution is -2.63. The smallest absolute Gasteiger partial charge is 0.256 e. The predicted molar refractivity (Wildman–Crippen MR) is 131 cm³/mol. The molecule has 2 amide bonds. The topological polar surface area (TPSA) is 117 Å². The van der Waals surface area contributed by atoms with Crippen LogP contribution in [0.3, 0.4) is 0 Å². The summed E-state index contributed by atoms with van der Waals surface area (Å²) in [7, 11) is 0. The zero-order valence-electron chi connectivity index (χ0n) is 19.7. The highest BCUT2D eigenvalue weighted by atomic mass is 35.5. The van der Waals surface area contributed by atoms with E-state index in [4.69, 9.17) is 16.3 Å². The summed E-state index contributed by atoms with van der Waals surface area (Å²) < 4.78 is 5.41. The van der Waals surface area contributed by atoms with Gasteiger partial charge in [-0.15, -0.1) is 0 Å². The number of hydrogen-bond donors (Lipinski definition) is 3. The average Bonchev–Trinajstić information content (AvgIpc) is 3.19. The molecule has 1 aromatic carbocycles. The molecule has 186 valence electrons. The number of carbonyl (C=O) groups excluding carboxylic acids is 2.